The maximum absolute atomic E-state index is 5.57. The lowest BCUT2D eigenvalue weighted by Crippen LogP contribution is -2.01. The Kier molecular flexibility index (Phi) is 5.42. The molecule has 1 atom stereocenters. The van der Waals surface area contributed by atoms with Gasteiger partial charge in [0.15, 0.2) is 11.5 Å². The Morgan fingerprint density at radius 3 is 2.41 bits per heavy atom. The summed E-state index contributed by atoms with van der Waals surface area (Å²) in [5, 5.41) is 0. The van der Waals surface area contributed by atoms with Crippen molar-refractivity contribution in [2.45, 2.75) is 27.2 Å². The van der Waals surface area contributed by atoms with E-state index in [1.807, 2.05) is 39.0 Å². The summed E-state index contributed by atoms with van der Waals surface area (Å²) < 4.78 is 11.1. The molecule has 0 saturated heterocycles. The van der Waals surface area contributed by atoms with Crippen LogP contribution in [-0.2, 0) is 6.42 Å². The molecule has 1 unspecified atom stereocenters. The molecule has 0 saturated carbocycles. The van der Waals surface area contributed by atoms with Crippen molar-refractivity contribution in [2.24, 2.45) is 5.92 Å². The van der Waals surface area contributed by atoms with Crippen LogP contribution in [0.25, 0.3) is 0 Å². The lowest BCUT2D eigenvalue weighted by molar-refractivity contribution is 0.287. The van der Waals surface area contributed by atoms with Crippen molar-refractivity contribution >= 4 is 0 Å². The number of benzene rings is 1. The Labute approximate surface area is 104 Å². The van der Waals surface area contributed by atoms with E-state index in [-0.39, 0.29) is 5.92 Å². The molecule has 0 N–H and O–H groups in total. The zero-order valence-electron chi connectivity index (χ0n) is 10.8. The van der Waals surface area contributed by atoms with E-state index >= 15 is 0 Å². The van der Waals surface area contributed by atoms with Gasteiger partial charge < -0.3 is 9.47 Å². The monoisotopic (exact) mass is 232 g/mol. The van der Waals surface area contributed by atoms with Gasteiger partial charge in [-0.05, 0) is 38.0 Å². The summed E-state index contributed by atoms with van der Waals surface area (Å²) >= 11 is 0. The molecule has 1 aromatic carbocycles. The summed E-state index contributed by atoms with van der Waals surface area (Å²) in [6.45, 7) is 7.24. The fourth-order valence-electron chi connectivity index (χ4n) is 1.63. The van der Waals surface area contributed by atoms with Crippen molar-refractivity contribution in [3.8, 4) is 23.8 Å². The summed E-state index contributed by atoms with van der Waals surface area (Å²) in [6.07, 6.45) is 6.25. The summed E-state index contributed by atoms with van der Waals surface area (Å²) in [4.78, 5) is 0. The molecule has 2 heteroatoms. The molecule has 0 aliphatic carbocycles. The molecule has 1 rings (SSSR count). The highest BCUT2D eigenvalue weighted by molar-refractivity contribution is 5.43. The van der Waals surface area contributed by atoms with Gasteiger partial charge in [0.05, 0.1) is 13.2 Å². The molecule has 0 amide bonds. The average Bonchev–Trinajstić information content (AvgIpc) is 2.33. The van der Waals surface area contributed by atoms with Crippen LogP contribution >= 0.6 is 0 Å². The van der Waals surface area contributed by atoms with E-state index in [1.165, 1.54) is 5.56 Å². The fraction of sp³-hybridized carbons (Fsp3) is 0.467. The van der Waals surface area contributed by atoms with Gasteiger partial charge in [-0.2, -0.15) is 0 Å². The first-order valence-electron chi connectivity index (χ1n) is 6.05. The molecule has 2 nitrogen and oxygen atoms in total. The maximum atomic E-state index is 5.57. The van der Waals surface area contributed by atoms with Crippen LogP contribution in [0.15, 0.2) is 18.2 Å². The third-order valence-corrected chi connectivity index (χ3v) is 2.43. The quantitative estimate of drug-likeness (QED) is 0.701. The summed E-state index contributed by atoms with van der Waals surface area (Å²) in [5.74, 6) is 4.57. The molecule has 0 aromatic heterocycles. The van der Waals surface area contributed by atoms with E-state index in [9.17, 15) is 0 Å². The van der Waals surface area contributed by atoms with Gasteiger partial charge in [0.2, 0.25) is 0 Å². The van der Waals surface area contributed by atoms with Crippen molar-refractivity contribution in [1.82, 2.24) is 0 Å². The Bertz CT molecular complexity index is 390. The highest BCUT2D eigenvalue weighted by Crippen LogP contribution is 2.29. The van der Waals surface area contributed by atoms with E-state index in [1.54, 1.807) is 0 Å². The molecule has 0 aliphatic heterocycles. The van der Waals surface area contributed by atoms with Crippen molar-refractivity contribution in [2.75, 3.05) is 13.2 Å². The van der Waals surface area contributed by atoms with Gasteiger partial charge in [-0.3, -0.25) is 0 Å². The highest BCUT2D eigenvalue weighted by Gasteiger charge is 2.07. The van der Waals surface area contributed by atoms with E-state index in [2.05, 4.69) is 5.92 Å². The predicted molar refractivity (Wildman–Crippen MR) is 70.5 cm³/mol. The number of ether oxygens (including phenoxy) is 2. The smallest absolute Gasteiger partial charge is 0.161 e. The Morgan fingerprint density at radius 1 is 1.18 bits per heavy atom. The molecule has 0 radical (unpaired) electrons. The first-order chi connectivity index (χ1) is 8.21. The van der Waals surface area contributed by atoms with Gasteiger partial charge in [0, 0.05) is 5.92 Å². The standard InChI is InChI=1S/C15H20O2/c1-5-12(4)10-13-8-9-14(16-6-2)15(11-13)17-7-3/h1,8-9,11-12H,6-7,10H2,2-4H3. The number of rotatable bonds is 6. The van der Waals surface area contributed by atoms with Crippen LogP contribution in [0.2, 0.25) is 0 Å². The van der Waals surface area contributed by atoms with Crippen molar-refractivity contribution < 1.29 is 9.47 Å². The normalized spacial score (nSPS) is 11.6. The topological polar surface area (TPSA) is 18.5 Å². The molecule has 0 fully saturated rings. The van der Waals surface area contributed by atoms with E-state index in [0.717, 1.165) is 17.9 Å². The van der Waals surface area contributed by atoms with Crippen LogP contribution < -0.4 is 9.47 Å². The summed E-state index contributed by atoms with van der Waals surface area (Å²) in [7, 11) is 0. The van der Waals surface area contributed by atoms with Crippen LogP contribution in [0.3, 0.4) is 0 Å². The number of hydrogen-bond acceptors (Lipinski definition) is 2. The first kappa shape index (κ1) is 13.4. The van der Waals surface area contributed by atoms with Crippen molar-refractivity contribution in [3.63, 3.8) is 0 Å². The van der Waals surface area contributed by atoms with Gasteiger partial charge in [-0.25, -0.2) is 0 Å². The largest absolute Gasteiger partial charge is 0.490 e. The minimum absolute atomic E-state index is 0.238. The molecular weight excluding hydrogens is 212 g/mol. The second kappa shape index (κ2) is 6.85. The molecule has 0 heterocycles. The molecule has 1 aromatic rings. The van der Waals surface area contributed by atoms with Gasteiger partial charge in [-0.1, -0.05) is 13.0 Å². The number of terminal acetylenes is 1. The van der Waals surface area contributed by atoms with Gasteiger partial charge in [-0.15, -0.1) is 12.3 Å². The summed E-state index contributed by atoms with van der Waals surface area (Å²) in [6, 6.07) is 6.01. The number of hydrogen-bond donors (Lipinski definition) is 0. The molecular formula is C15H20O2. The zero-order chi connectivity index (χ0) is 12.7. The van der Waals surface area contributed by atoms with Crippen molar-refractivity contribution in [3.05, 3.63) is 23.8 Å². The predicted octanol–water partition coefficient (Wildman–Crippen LogP) is 3.30. The Morgan fingerprint density at radius 2 is 1.82 bits per heavy atom. The Hall–Kier alpha value is -1.62. The van der Waals surface area contributed by atoms with Crippen LogP contribution in [0, 0.1) is 18.3 Å². The van der Waals surface area contributed by atoms with Gasteiger partial charge in [0.25, 0.3) is 0 Å². The van der Waals surface area contributed by atoms with Gasteiger partial charge in [0.1, 0.15) is 0 Å². The van der Waals surface area contributed by atoms with Crippen LogP contribution in [0.1, 0.15) is 26.3 Å². The van der Waals surface area contributed by atoms with Crippen LogP contribution in [0.4, 0.5) is 0 Å². The third kappa shape index (κ3) is 4.03. The third-order valence-electron chi connectivity index (χ3n) is 2.43. The van der Waals surface area contributed by atoms with E-state index < -0.39 is 0 Å². The fourth-order valence-corrected chi connectivity index (χ4v) is 1.63. The summed E-state index contributed by atoms with van der Waals surface area (Å²) in [5.41, 5.74) is 1.18. The van der Waals surface area contributed by atoms with Crippen LogP contribution in [-0.4, -0.2) is 13.2 Å². The zero-order valence-corrected chi connectivity index (χ0v) is 10.8. The second-order valence-electron chi connectivity index (χ2n) is 3.92. The van der Waals surface area contributed by atoms with E-state index in [4.69, 9.17) is 15.9 Å². The first-order valence-corrected chi connectivity index (χ1v) is 6.05. The second-order valence-corrected chi connectivity index (χ2v) is 3.92. The lowest BCUT2D eigenvalue weighted by atomic mass is 10.0. The molecule has 17 heavy (non-hydrogen) atoms. The lowest BCUT2D eigenvalue weighted by Gasteiger charge is -2.13. The molecule has 0 spiro atoms. The Balaban J connectivity index is 2.89. The molecule has 0 bridgehead atoms. The minimum atomic E-state index is 0.238. The maximum Gasteiger partial charge on any atom is 0.161 e. The average molecular weight is 232 g/mol. The van der Waals surface area contributed by atoms with E-state index in [0.29, 0.717) is 13.2 Å². The van der Waals surface area contributed by atoms with Crippen LogP contribution in [0.5, 0.6) is 11.5 Å². The van der Waals surface area contributed by atoms with Crippen molar-refractivity contribution in [1.29, 1.82) is 0 Å². The molecule has 92 valence electrons. The van der Waals surface area contributed by atoms with Gasteiger partial charge >= 0.3 is 0 Å². The minimum Gasteiger partial charge on any atom is -0.490 e. The SMILES string of the molecule is C#CC(C)Cc1ccc(OCC)c(OCC)c1. The highest BCUT2D eigenvalue weighted by atomic mass is 16.5. The molecule has 0 aliphatic rings.